The number of carbonyl (C=O) groups excluding carboxylic acids is 1. The number of carboxylic acid groups (broad SMARTS) is 1. The van der Waals surface area contributed by atoms with Gasteiger partial charge in [-0.2, -0.15) is 0 Å². The third-order valence-corrected chi connectivity index (χ3v) is 3.12. The van der Waals surface area contributed by atoms with Gasteiger partial charge in [0.1, 0.15) is 6.04 Å². The number of carbonyl (C=O) groups is 2. The van der Waals surface area contributed by atoms with Crippen LogP contribution in [0.15, 0.2) is 0 Å². The van der Waals surface area contributed by atoms with E-state index < -0.39 is 33.8 Å². The Morgan fingerprint density at radius 2 is 1.88 bits per heavy atom. The van der Waals surface area contributed by atoms with Crippen LogP contribution >= 0.6 is 0 Å². The molecule has 7 nitrogen and oxygen atoms in total. The second-order valence-corrected chi connectivity index (χ2v) is 5.73. The minimum absolute atomic E-state index is 0.0110. The minimum atomic E-state index is -3.99. The molecule has 0 heterocycles. The van der Waals surface area contributed by atoms with Crippen molar-refractivity contribution in [2.24, 2.45) is 5.92 Å². The summed E-state index contributed by atoms with van der Waals surface area (Å²) in [7, 11) is -2.93. The van der Waals surface area contributed by atoms with Gasteiger partial charge in [-0.15, -0.1) is 0 Å². The molecule has 0 aromatic rings. The molecule has 0 spiro atoms. The topological polar surface area (TPSA) is 110 Å². The molecule has 0 aliphatic carbocycles. The summed E-state index contributed by atoms with van der Waals surface area (Å²) in [5.41, 5.74) is 0. The molecule has 0 aromatic carbocycles. The molecule has 2 N–H and O–H groups in total. The summed E-state index contributed by atoms with van der Waals surface area (Å²) in [5.74, 6) is -3.08. The van der Waals surface area contributed by atoms with Gasteiger partial charge in [0.15, 0.2) is 5.75 Å². The first-order chi connectivity index (χ1) is 7.68. The number of hydrogen-bond acceptors (Lipinski definition) is 5. The maximum absolute atomic E-state index is 11.4. The molecule has 0 rings (SSSR count). The van der Waals surface area contributed by atoms with Gasteiger partial charge in [-0.3, -0.25) is 9.59 Å². The van der Waals surface area contributed by atoms with Gasteiger partial charge in [-0.25, -0.2) is 13.1 Å². The number of esters is 1. The predicted octanol–water partition coefficient (Wildman–Crippen LogP) is -0.422. The standard InChI is InChI=1S/C9H17NO6S/c1-6(2)4-7(9(12)13)10-17(14,15)5-8(11)16-3/h6-7,10H,4-5H2,1-3H3,(H,12,13)/t7-/m1/s1. The number of nitrogens with one attached hydrogen (secondary N) is 1. The smallest absolute Gasteiger partial charge is 0.322 e. The van der Waals surface area contributed by atoms with Crippen molar-refractivity contribution in [3.8, 4) is 0 Å². The lowest BCUT2D eigenvalue weighted by molar-refractivity contribution is -0.140. The van der Waals surface area contributed by atoms with Crippen LogP contribution in [0.4, 0.5) is 0 Å². The summed E-state index contributed by atoms with van der Waals surface area (Å²) in [6.07, 6.45) is 0.149. The maximum atomic E-state index is 11.4. The number of sulfonamides is 1. The van der Waals surface area contributed by atoms with Crippen molar-refractivity contribution in [1.82, 2.24) is 4.72 Å². The van der Waals surface area contributed by atoms with Crippen molar-refractivity contribution in [3.05, 3.63) is 0 Å². The lowest BCUT2D eigenvalue weighted by Gasteiger charge is -2.15. The Bertz CT molecular complexity index is 375. The summed E-state index contributed by atoms with van der Waals surface area (Å²) >= 11 is 0. The Kier molecular flexibility index (Phi) is 6.11. The second kappa shape index (κ2) is 6.55. The zero-order valence-corrected chi connectivity index (χ0v) is 10.8. The molecule has 0 radical (unpaired) electrons. The van der Waals surface area contributed by atoms with Crippen LogP contribution in [0.1, 0.15) is 20.3 Å². The molecular formula is C9H17NO6S. The highest BCUT2D eigenvalue weighted by Crippen LogP contribution is 2.06. The van der Waals surface area contributed by atoms with Gasteiger partial charge < -0.3 is 9.84 Å². The first-order valence-electron chi connectivity index (χ1n) is 4.97. The number of carboxylic acids is 1. The molecular weight excluding hydrogens is 250 g/mol. The van der Waals surface area contributed by atoms with Gasteiger partial charge in [0.25, 0.3) is 0 Å². The average molecular weight is 267 g/mol. The Hall–Kier alpha value is -1.15. The summed E-state index contributed by atoms with van der Waals surface area (Å²) < 4.78 is 29.0. The van der Waals surface area contributed by atoms with Gasteiger partial charge in [0.05, 0.1) is 7.11 Å². The molecule has 0 aliphatic rings. The number of aliphatic carboxylic acids is 1. The van der Waals surface area contributed by atoms with Gasteiger partial charge in [-0.05, 0) is 12.3 Å². The first-order valence-corrected chi connectivity index (χ1v) is 6.62. The summed E-state index contributed by atoms with van der Waals surface area (Å²) in [5, 5.41) is 8.83. The van der Waals surface area contributed by atoms with Crippen molar-refractivity contribution < 1.29 is 27.9 Å². The van der Waals surface area contributed by atoms with Crippen LogP contribution in [0, 0.1) is 5.92 Å². The van der Waals surface area contributed by atoms with Crippen molar-refractivity contribution in [2.75, 3.05) is 12.9 Å². The van der Waals surface area contributed by atoms with E-state index in [9.17, 15) is 18.0 Å². The summed E-state index contributed by atoms with van der Waals surface area (Å²) in [6, 6.07) is -1.23. The van der Waals surface area contributed by atoms with Crippen molar-refractivity contribution in [1.29, 1.82) is 0 Å². The van der Waals surface area contributed by atoms with Crippen LogP contribution in [0.3, 0.4) is 0 Å². The van der Waals surface area contributed by atoms with E-state index in [1.165, 1.54) is 0 Å². The fourth-order valence-corrected chi connectivity index (χ4v) is 2.29. The number of hydrogen-bond donors (Lipinski definition) is 2. The first kappa shape index (κ1) is 15.9. The van der Waals surface area contributed by atoms with Crippen molar-refractivity contribution in [3.63, 3.8) is 0 Å². The molecule has 1 atom stereocenters. The Balaban J connectivity index is 4.64. The summed E-state index contributed by atoms with van der Waals surface area (Å²) in [4.78, 5) is 21.6. The monoisotopic (exact) mass is 267 g/mol. The molecule has 0 saturated carbocycles. The lowest BCUT2D eigenvalue weighted by atomic mass is 10.1. The van der Waals surface area contributed by atoms with E-state index in [2.05, 4.69) is 4.74 Å². The Labute approximate surface area is 100 Å². The van der Waals surface area contributed by atoms with Crippen LogP contribution in [0.5, 0.6) is 0 Å². The van der Waals surface area contributed by atoms with Gasteiger partial charge in [-0.1, -0.05) is 13.8 Å². The Morgan fingerprint density at radius 1 is 1.35 bits per heavy atom. The molecule has 0 aromatic heterocycles. The number of ether oxygens (including phenoxy) is 1. The number of rotatable bonds is 7. The van der Waals surface area contributed by atoms with Crippen molar-refractivity contribution in [2.45, 2.75) is 26.3 Å². The van der Waals surface area contributed by atoms with Crippen molar-refractivity contribution >= 4 is 22.0 Å². The molecule has 0 unspecified atom stereocenters. The van der Waals surface area contributed by atoms with E-state index in [0.29, 0.717) is 0 Å². The highest BCUT2D eigenvalue weighted by Gasteiger charge is 2.26. The van der Waals surface area contributed by atoms with Crippen LogP contribution in [0.25, 0.3) is 0 Å². The molecule has 8 heteroatoms. The highest BCUT2D eigenvalue weighted by molar-refractivity contribution is 7.90. The predicted molar refractivity (Wildman–Crippen MR) is 59.8 cm³/mol. The minimum Gasteiger partial charge on any atom is -0.480 e. The van der Waals surface area contributed by atoms with E-state index in [1.807, 2.05) is 4.72 Å². The molecule has 0 aliphatic heterocycles. The van der Waals surface area contributed by atoms with E-state index in [4.69, 9.17) is 5.11 Å². The van der Waals surface area contributed by atoms with E-state index in [-0.39, 0.29) is 12.3 Å². The van der Waals surface area contributed by atoms with Crippen LogP contribution in [-0.2, 0) is 24.3 Å². The molecule has 0 bridgehead atoms. The van der Waals surface area contributed by atoms with E-state index in [1.54, 1.807) is 13.8 Å². The SMILES string of the molecule is COC(=O)CS(=O)(=O)N[C@H](CC(C)C)C(=O)O. The van der Waals surface area contributed by atoms with E-state index >= 15 is 0 Å². The molecule has 0 fully saturated rings. The van der Waals surface area contributed by atoms with Crippen LogP contribution < -0.4 is 4.72 Å². The molecule has 100 valence electrons. The van der Waals surface area contributed by atoms with Gasteiger partial charge in [0, 0.05) is 0 Å². The maximum Gasteiger partial charge on any atom is 0.322 e. The number of methoxy groups -OCH3 is 1. The fourth-order valence-electron chi connectivity index (χ4n) is 1.14. The second-order valence-electron chi connectivity index (χ2n) is 3.97. The van der Waals surface area contributed by atoms with Crippen LogP contribution in [-0.4, -0.2) is 44.4 Å². The average Bonchev–Trinajstić information content (AvgIpc) is 2.14. The van der Waals surface area contributed by atoms with Gasteiger partial charge >= 0.3 is 11.9 Å². The molecule has 0 saturated heterocycles. The quantitative estimate of drug-likeness (QED) is 0.606. The highest BCUT2D eigenvalue weighted by atomic mass is 32.2. The van der Waals surface area contributed by atoms with Gasteiger partial charge in [0.2, 0.25) is 10.0 Å². The lowest BCUT2D eigenvalue weighted by Crippen LogP contribution is -2.43. The third-order valence-electron chi connectivity index (χ3n) is 1.86. The summed E-state index contributed by atoms with van der Waals surface area (Å²) in [6.45, 7) is 3.54. The normalized spacial score (nSPS) is 13.4. The zero-order valence-electron chi connectivity index (χ0n) is 9.97. The third kappa shape index (κ3) is 6.90. The largest absolute Gasteiger partial charge is 0.480 e. The zero-order chi connectivity index (χ0) is 13.6. The van der Waals surface area contributed by atoms with E-state index in [0.717, 1.165) is 7.11 Å². The molecule has 0 amide bonds. The van der Waals surface area contributed by atoms with Crippen LogP contribution in [0.2, 0.25) is 0 Å². The Morgan fingerprint density at radius 3 is 2.24 bits per heavy atom. The fraction of sp³-hybridized carbons (Fsp3) is 0.778. The molecule has 17 heavy (non-hydrogen) atoms.